The minimum Gasteiger partial charge on any atom is -0.317 e. The van der Waals surface area contributed by atoms with Crippen molar-refractivity contribution in [3.05, 3.63) is 23.3 Å². The highest BCUT2D eigenvalue weighted by Crippen LogP contribution is 2.10. The molecule has 0 radical (unpaired) electrons. The molecule has 84 valence electrons. The fourth-order valence-corrected chi connectivity index (χ4v) is 1.67. The maximum Gasteiger partial charge on any atom is 0.115 e. The number of aryl methyl sites for hydroxylation is 2. The van der Waals surface area contributed by atoms with Crippen LogP contribution in [0.5, 0.6) is 0 Å². The first-order valence-electron chi connectivity index (χ1n) is 5.73. The lowest BCUT2D eigenvalue weighted by atomic mass is 10.1. The SMILES string of the molecule is CCCNCCCc1c(C)ncnc1C. The Morgan fingerprint density at radius 3 is 2.40 bits per heavy atom. The van der Waals surface area contributed by atoms with E-state index < -0.39 is 0 Å². The second-order valence-electron chi connectivity index (χ2n) is 3.88. The molecule has 0 fully saturated rings. The Morgan fingerprint density at radius 2 is 1.80 bits per heavy atom. The maximum absolute atomic E-state index is 4.22. The van der Waals surface area contributed by atoms with E-state index in [0.29, 0.717) is 0 Å². The van der Waals surface area contributed by atoms with Crippen molar-refractivity contribution < 1.29 is 0 Å². The Morgan fingerprint density at radius 1 is 1.13 bits per heavy atom. The fourth-order valence-electron chi connectivity index (χ4n) is 1.67. The van der Waals surface area contributed by atoms with Gasteiger partial charge in [0.2, 0.25) is 0 Å². The molecule has 0 saturated heterocycles. The Labute approximate surface area is 92.3 Å². The van der Waals surface area contributed by atoms with Crippen LogP contribution in [0.25, 0.3) is 0 Å². The summed E-state index contributed by atoms with van der Waals surface area (Å²) in [6, 6.07) is 0. The van der Waals surface area contributed by atoms with Crippen molar-refractivity contribution >= 4 is 0 Å². The molecular weight excluding hydrogens is 186 g/mol. The fraction of sp³-hybridized carbons (Fsp3) is 0.667. The molecule has 0 saturated carbocycles. The van der Waals surface area contributed by atoms with Gasteiger partial charge < -0.3 is 5.32 Å². The second-order valence-corrected chi connectivity index (χ2v) is 3.88. The van der Waals surface area contributed by atoms with Gasteiger partial charge in [-0.05, 0) is 51.8 Å². The first-order valence-corrected chi connectivity index (χ1v) is 5.73. The van der Waals surface area contributed by atoms with Crippen LogP contribution in [0.2, 0.25) is 0 Å². The van der Waals surface area contributed by atoms with Crippen molar-refractivity contribution in [2.45, 2.75) is 40.0 Å². The predicted molar refractivity (Wildman–Crippen MR) is 63.0 cm³/mol. The molecule has 0 amide bonds. The van der Waals surface area contributed by atoms with Crippen molar-refractivity contribution in [1.29, 1.82) is 0 Å². The molecule has 0 unspecified atom stereocenters. The van der Waals surface area contributed by atoms with Gasteiger partial charge in [0.1, 0.15) is 6.33 Å². The summed E-state index contributed by atoms with van der Waals surface area (Å²) < 4.78 is 0. The summed E-state index contributed by atoms with van der Waals surface area (Å²) in [5, 5.41) is 3.40. The molecule has 0 bridgehead atoms. The van der Waals surface area contributed by atoms with Crippen molar-refractivity contribution in [3.63, 3.8) is 0 Å². The average molecular weight is 207 g/mol. The summed E-state index contributed by atoms with van der Waals surface area (Å²) in [6.07, 6.45) is 5.08. The molecule has 1 aromatic rings. The summed E-state index contributed by atoms with van der Waals surface area (Å²) in [5.41, 5.74) is 3.56. The van der Waals surface area contributed by atoms with Crippen LogP contribution in [-0.2, 0) is 6.42 Å². The zero-order chi connectivity index (χ0) is 11.1. The number of hydrogen-bond acceptors (Lipinski definition) is 3. The van der Waals surface area contributed by atoms with E-state index in [4.69, 9.17) is 0 Å². The van der Waals surface area contributed by atoms with Crippen LogP contribution in [0.15, 0.2) is 6.33 Å². The topological polar surface area (TPSA) is 37.8 Å². The Kier molecular flexibility index (Phi) is 5.26. The Bertz CT molecular complexity index is 277. The molecule has 0 atom stereocenters. The van der Waals surface area contributed by atoms with E-state index in [1.54, 1.807) is 6.33 Å². The van der Waals surface area contributed by atoms with Gasteiger partial charge in [0.05, 0.1) is 0 Å². The average Bonchev–Trinajstić information content (AvgIpc) is 2.21. The Hall–Kier alpha value is -0.960. The summed E-state index contributed by atoms with van der Waals surface area (Å²) in [4.78, 5) is 8.45. The third-order valence-corrected chi connectivity index (χ3v) is 2.58. The number of aromatic nitrogens is 2. The molecule has 15 heavy (non-hydrogen) atoms. The van der Waals surface area contributed by atoms with E-state index >= 15 is 0 Å². The summed E-state index contributed by atoms with van der Waals surface area (Å²) in [7, 11) is 0. The first kappa shape index (κ1) is 12.1. The van der Waals surface area contributed by atoms with Gasteiger partial charge in [0.15, 0.2) is 0 Å². The first-order chi connectivity index (χ1) is 7.25. The van der Waals surface area contributed by atoms with E-state index in [9.17, 15) is 0 Å². The summed E-state index contributed by atoms with van der Waals surface area (Å²) in [6.45, 7) is 8.50. The van der Waals surface area contributed by atoms with Gasteiger partial charge in [-0.15, -0.1) is 0 Å². The molecular formula is C12H21N3. The molecule has 0 aliphatic heterocycles. The van der Waals surface area contributed by atoms with Gasteiger partial charge in [0.25, 0.3) is 0 Å². The highest BCUT2D eigenvalue weighted by atomic mass is 14.8. The molecule has 0 spiro atoms. The van der Waals surface area contributed by atoms with E-state index in [-0.39, 0.29) is 0 Å². The molecule has 1 heterocycles. The van der Waals surface area contributed by atoms with Crippen molar-refractivity contribution in [1.82, 2.24) is 15.3 Å². The monoisotopic (exact) mass is 207 g/mol. The van der Waals surface area contributed by atoms with Crippen LogP contribution in [0.3, 0.4) is 0 Å². The van der Waals surface area contributed by atoms with Crippen LogP contribution in [0, 0.1) is 13.8 Å². The lowest BCUT2D eigenvalue weighted by Gasteiger charge is -2.07. The zero-order valence-electron chi connectivity index (χ0n) is 10.0. The standard InChI is InChI=1S/C12H21N3/c1-4-7-13-8-5-6-12-10(2)14-9-15-11(12)3/h9,13H,4-8H2,1-3H3. The van der Waals surface area contributed by atoms with Crippen molar-refractivity contribution in [2.75, 3.05) is 13.1 Å². The number of nitrogens with zero attached hydrogens (tertiary/aromatic N) is 2. The minimum absolute atomic E-state index is 1.08. The van der Waals surface area contributed by atoms with Gasteiger partial charge in [0, 0.05) is 11.4 Å². The van der Waals surface area contributed by atoms with Gasteiger partial charge >= 0.3 is 0 Å². The van der Waals surface area contributed by atoms with Gasteiger partial charge in [-0.1, -0.05) is 6.92 Å². The van der Waals surface area contributed by atoms with Crippen LogP contribution < -0.4 is 5.32 Å². The van der Waals surface area contributed by atoms with E-state index in [1.807, 2.05) is 0 Å². The number of nitrogens with one attached hydrogen (secondary N) is 1. The number of hydrogen-bond donors (Lipinski definition) is 1. The highest BCUT2D eigenvalue weighted by Gasteiger charge is 2.03. The zero-order valence-corrected chi connectivity index (χ0v) is 10.0. The van der Waals surface area contributed by atoms with Gasteiger partial charge in [-0.3, -0.25) is 0 Å². The predicted octanol–water partition coefficient (Wildman–Crippen LogP) is 2.03. The maximum atomic E-state index is 4.22. The molecule has 1 rings (SSSR count). The molecule has 3 nitrogen and oxygen atoms in total. The minimum atomic E-state index is 1.08. The van der Waals surface area contributed by atoms with E-state index in [2.05, 4.69) is 36.1 Å². The van der Waals surface area contributed by atoms with Crippen LogP contribution in [0.4, 0.5) is 0 Å². The van der Waals surface area contributed by atoms with E-state index in [1.165, 1.54) is 12.0 Å². The van der Waals surface area contributed by atoms with Crippen LogP contribution in [0.1, 0.15) is 36.7 Å². The highest BCUT2D eigenvalue weighted by molar-refractivity contribution is 5.22. The second kappa shape index (κ2) is 6.51. The normalized spacial score (nSPS) is 10.6. The van der Waals surface area contributed by atoms with Crippen LogP contribution in [-0.4, -0.2) is 23.1 Å². The van der Waals surface area contributed by atoms with Gasteiger partial charge in [-0.25, -0.2) is 9.97 Å². The molecule has 0 aromatic carbocycles. The lowest BCUT2D eigenvalue weighted by Crippen LogP contribution is -2.16. The van der Waals surface area contributed by atoms with Crippen molar-refractivity contribution in [3.8, 4) is 0 Å². The summed E-state index contributed by atoms with van der Waals surface area (Å²) >= 11 is 0. The smallest absolute Gasteiger partial charge is 0.115 e. The van der Waals surface area contributed by atoms with Crippen LogP contribution >= 0.6 is 0 Å². The number of rotatable bonds is 6. The molecule has 1 N–H and O–H groups in total. The van der Waals surface area contributed by atoms with E-state index in [0.717, 1.165) is 37.3 Å². The lowest BCUT2D eigenvalue weighted by molar-refractivity contribution is 0.636. The molecule has 1 aromatic heterocycles. The molecule has 0 aliphatic carbocycles. The van der Waals surface area contributed by atoms with Crippen molar-refractivity contribution in [2.24, 2.45) is 0 Å². The Balaban J connectivity index is 2.37. The third-order valence-electron chi connectivity index (χ3n) is 2.58. The quantitative estimate of drug-likeness (QED) is 0.725. The van der Waals surface area contributed by atoms with Gasteiger partial charge in [-0.2, -0.15) is 0 Å². The largest absolute Gasteiger partial charge is 0.317 e. The third kappa shape index (κ3) is 3.96. The summed E-state index contributed by atoms with van der Waals surface area (Å²) in [5.74, 6) is 0. The molecule has 3 heteroatoms. The molecule has 0 aliphatic rings.